The molecule has 0 saturated carbocycles. The van der Waals surface area contributed by atoms with Gasteiger partial charge in [-0.1, -0.05) is 31.2 Å². The molecule has 2 aromatic rings. The Labute approximate surface area is 123 Å². The van der Waals surface area contributed by atoms with Crippen LogP contribution in [0.1, 0.15) is 24.5 Å². The van der Waals surface area contributed by atoms with Gasteiger partial charge in [-0.2, -0.15) is 0 Å². The van der Waals surface area contributed by atoms with Crippen molar-refractivity contribution < 1.29 is 13.5 Å². The molecule has 0 aromatic heterocycles. The van der Waals surface area contributed by atoms with Crippen LogP contribution in [-0.4, -0.2) is 7.11 Å². The second-order valence-corrected chi connectivity index (χ2v) is 5.13. The van der Waals surface area contributed by atoms with Gasteiger partial charge in [0.1, 0.15) is 5.82 Å². The largest absolute Gasteiger partial charge is 0.494 e. The van der Waals surface area contributed by atoms with Crippen molar-refractivity contribution in [1.82, 2.24) is 0 Å². The number of ether oxygens (including phenoxy) is 1. The average molecular weight is 291 g/mol. The normalized spacial score (nSPS) is 13.8. The fourth-order valence-electron chi connectivity index (χ4n) is 2.42. The van der Waals surface area contributed by atoms with Crippen molar-refractivity contribution in [3.8, 4) is 5.75 Å². The molecule has 0 aliphatic carbocycles. The first-order valence-electron chi connectivity index (χ1n) is 6.86. The molecule has 0 heterocycles. The minimum absolute atomic E-state index is 0.185. The van der Waals surface area contributed by atoms with Crippen LogP contribution in [0.2, 0.25) is 0 Å². The minimum atomic E-state index is -0.824. The fourth-order valence-corrected chi connectivity index (χ4v) is 2.42. The van der Waals surface area contributed by atoms with Gasteiger partial charge >= 0.3 is 0 Å². The van der Waals surface area contributed by atoms with E-state index in [4.69, 9.17) is 10.5 Å². The lowest BCUT2D eigenvalue weighted by molar-refractivity contribution is 0.374. The van der Waals surface area contributed by atoms with Crippen molar-refractivity contribution >= 4 is 0 Å². The van der Waals surface area contributed by atoms with Gasteiger partial charge in [0.25, 0.3) is 0 Å². The zero-order chi connectivity index (χ0) is 15.5. The first-order chi connectivity index (χ1) is 10.00. The summed E-state index contributed by atoms with van der Waals surface area (Å²) in [7, 11) is 1.42. The van der Waals surface area contributed by atoms with Crippen LogP contribution in [0.5, 0.6) is 5.75 Å². The number of halogens is 2. The molecule has 0 aliphatic rings. The summed E-state index contributed by atoms with van der Waals surface area (Å²) < 4.78 is 32.7. The van der Waals surface area contributed by atoms with Crippen LogP contribution in [0, 0.1) is 11.6 Å². The molecule has 0 aliphatic heterocycles. The van der Waals surface area contributed by atoms with Crippen molar-refractivity contribution in [2.75, 3.05) is 7.11 Å². The number of benzene rings is 2. The quantitative estimate of drug-likeness (QED) is 0.910. The summed E-state index contributed by atoms with van der Waals surface area (Å²) in [4.78, 5) is 0. The molecule has 0 spiro atoms. The van der Waals surface area contributed by atoms with Gasteiger partial charge in [-0.25, -0.2) is 8.78 Å². The van der Waals surface area contributed by atoms with Gasteiger partial charge in [-0.15, -0.1) is 0 Å². The topological polar surface area (TPSA) is 35.2 Å². The third-order valence-corrected chi connectivity index (χ3v) is 3.80. The molecule has 0 bridgehead atoms. The smallest absolute Gasteiger partial charge is 0.168 e. The monoisotopic (exact) mass is 291 g/mol. The third-order valence-electron chi connectivity index (χ3n) is 3.80. The van der Waals surface area contributed by atoms with Gasteiger partial charge in [0.15, 0.2) is 11.6 Å². The maximum Gasteiger partial charge on any atom is 0.168 e. The Hall–Kier alpha value is -1.94. The van der Waals surface area contributed by atoms with E-state index in [0.29, 0.717) is 17.5 Å². The van der Waals surface area contributed by atoms with Gasteiger partial charge in [0.2, 0.25) is 0 Å². The van der Waals surface area contributed by atoms with Gasteiger partial charge in [-0.3, -0.25) is 0 Å². The number of rotatable bonds is 5. The van der Waals surface area contributed by atoms with E-state index in [9.17, 15) is 8.78 Å². The van der Waals surface area contributed by atoms with Crippen LogP contribution < -0.4 is 10.5 Å². The Kier molecular flexibility index (Phi) is 4.58. The zero-order valence-electron chi connectivity index (χ0n) is 12.2. The first kappa shape index (κ1) is 15.4. The van der Waals surface area contributed by atoms with Gasteiger partial charge < -0.3 is 10.5 Å². The van der Waals surface area contributed by atoms with E-state index in [-0.39, 0.29) is 18.0 Å². The molecule has 1 unspecified atom stereocenters. The van der Waals surface area contributed by atoms with Crippen molar-refractivity contribution in [1.29, 1.82) is 0 Å². The van der Waals surface area contributed by atoms with Crippen molar-refractivity contribution in [3.63, 3.8) is 0 Å². The third kappa shape index (κ3) is 3.22. The molecule has 112 valence electrons. The van der Waals surface area contributed by atoms with Crippen molar-refractivity contribution in [2.24, 2.45) is 5.73 Å². The number of methoxy groups -OCH3 is 1. The summed E-state index contributed by atoms with van der Waals surface area (Å²) >= 11 is 0. The van der Waals surface area contributed by atoms with Gasteiger partial charge in [0, 0.05) is 5.54 Å². The van der Waals surface area contributed by atoms with Gasteiger partial charge in [0.05, 0.1) is 7.11 Å². The zero-order valence-corrected chi connectivity index (χ0v) is 12.2. The maximum atomic E-state index is 14.3. The number of hydrogen-bond donors (Lipinski definition) is 1. The van der Waals surface area contributed by atoms with E-state index >= 15 is 0 Å². The van der Waals surface area contributed by atoms with Crippen LogP contribution >= 0.6 is 0 Å². The highest BCUT2D eigenvalue weighted by Gasteiger charge is 2.28. The first-order valence-corrected chi connectivity index (χ1v) is 6.86. The summed E-state index contributed by atoms with van der Waals surface area (Å²) in [6.07, 6.45) is 0.836. The maximum absolute atomic E-state index is 14.3. The predicted molar refractivity (Wildman–Crippen MR) is 79.2 cm³/mol. The van der Waals surface area contributed by atoms with E-state index in [1.165, 1.54) is 19.2 Å². The molecule has 1 atom stereocenters. The molecule has 2 aromatic carbocycles. The highest BCUT2D eigenvalue weighted by atomic mass is 19.1. The van der Waals surface area contributed by atoms with E-state index in [2.05, 4.69) is 0 Å². The summed E-state index contributed by atoms with van der Waals surface area (Å²) in [5, 5.41) is 0. The fraction of sp³-hybridized carbons (Fsp3) is 0.294. The van der Waals surface area contributed by atoms with Crippen molar-refractivity contribution in [2.45, 2.75) is 25.3 Å². The molecule has 2 N–H and O–H groups in total. The Balaban J connectivity index is 2.39. The molecular formula is C17H19F2NO. The van der Waals surface area contributed by atoms with Gasteiger partial charge in [-0.05, 0) is 42.2 Å². The Morgan fingerprint density at radius 3 is 2.48 bits per heavy atom. The molecule has 0 radical (unpaired) electrons. The summed E-state index contributed by atoms with van der Waals surface area (Å²) in [5.41, 5.74) is 6.70. The summed E-state index contributed by atoms with van der Waals surface area (Å²) in [6.45, 7) is 1.91. The van der Waals surface area contributed by atoms with Crippen LogP contribution in [0.25, 0.3) is 0 Å². The molecule has 4 heteroatoms. The molecular weight excluding hydrogens is 272 g/mol. The lowest BCUT2D eigenvalue weighted by Crippen LogP contribution is -2.38. The minimum Gasteiger partial charge on any atom is -0.494 e. The second-order valence-electron chi connectivity index (χ2n) is 5.13. The van der Waals surface area contributed by atoms with E-state index < -0.39 is 11.4 Å². The summed E-state index contributed by atoms with van der Waals surface area (Å²) in [5.74, 6) is -0.577. The molecule has 2 rings (SSSR count). The highest BCUT2D eigenvalue weighted by Crippen LogP contribution is 2.30. The van der Waals surface area contributed by atoms with Crippen LogP contribution in [0.3, 0.4) is 0 Å². The molecule has 2 nitrogen and oxygen atoms in total. The molecule has 0 fully saturated rings. The van der Waals surface area contributed by atoms with E-state index in [1.54, 1.807) is 30.3 Å². The Bertz CT molecular complexity index is 630. The lowest BCUT2D eigenvalue weighted by Gasteiger charge is -2.29. The molecule has 0 amide bonds. The standard InChI is InChI=1S/C17H19F2NO/c1-3-17(20,13-7-5-8-14(18)10-13)11-12-6-4-9-15(21-2)16(12)19/h4-10H,3,11,20H2,1-2H3. The van der Waals surface area contributed by atoms with E-state index in [0.717, 1.165) is 0 Å². The second kappa shape index (κ2) is 6.22. The Morgan fingerprint density at radius 2 is 1.86 bits per heavy atom. The van der Waals surface area contributed by atoms with Crippen LogP contribution in [-0.2, 0) is 12.0 Å². The van der Waals surface area contributed by atoms with Crippen molar-refractivity contribution in [3.05, 3.63) is 65.2 Å². The summed E-state index contributed by atoms with van der Waals surface area (Å²) in [6, 6.07) is 11.1. The van der Waals surface area contributed by atoms with Crippen LogP contribution in [0.4, 0.5) is 8.78 Å². The highest BCUT2D eigenvalue weighted by molar-refractivity contribution is 5.34. The predicted octanol–water partition coefficient (Wildman–Crippen LogP) is 3.78. The SMILES string of the molecule is CCC(N)(Cc1cccc(OC)c1F)c1cccc(F)c1. The van der Waals surface area contributed by atoms with Crippen LogP contribution in [0.15, 0.2) is 42.5 Å². The average Bonchev–Trinajstić information content (AvgIpc) is 2.49. The molecule has 0 saturated heterocycles. The Morgan fingerprint density at radius 1 is 1.14 bits per heavy atom. The lowest BCUT2D eigenvalue weighted by atomic mass is 9.82. The van der Waals surface area contributed by atoms with E-state index in [1.807, 2.05) is 6.92 Å². The molecule has 21 heavy (non-hydrogen) atoms. The number of nitrogens with two attached hydrogens (primary N) is 1. The number of hydrogen-bond acceptors (Lipinski definition) is 2.